The van der Waals surface area contributed by atoms with Crippen LogP contribution in [0.5, 0.6) is 0 Å². The Morgan fingerprint density at radius 3 is 2.72 bits per heavy atom. The Balaban J connectivity index is 1.68. The van der Waals surface area contributed by atoms with Gasteiger partial charge in [-0.3, -0.25) is 13.9 Å². The van der Waals surface area contributed by atoms with E-state index in [1.54, 1.807) is 17.0 Å². The molecule has 1 atom stereocenters. The largest absolute Gasteiger partial charge is 0.364 e. The molecule has 1 aliphatic carbocycles. The lowest BCUT2D eigenvalue weighted by Gasteiger charge is -2.41. The van der Waals surface area contributed by atoms with E-state index >= 15 is 0 Å². The summed E-state index contributed by atoms with van der Waals surface area (Å²) in [5.74, 6) is 2.51. The molecule has 4 heterocycles. The molecular formula is C19H23N9O. The van der Waals surface area contributed by atoms with Crippen LogP contribution in [0.4, 0.5) is 5.82 Å². The lowest BCUT2D eigenvalue weighted by Crippen LogP contribution is -2.42. The van der Waals surface area contributed by atoms with E-state index in [4.69, 9.17) is 10.7 Å². The van der Waals surface area contributed by atoms with Crippen LogP contribution in [0.15, 0.2) is 18.7 Å². The average molecular weight is 393 g/mol. The van der Waals surface area contributed by atoms with Crippen molar-refractivity contribution in [3.63, 3.8) is 0 Å². The second kappa shape index (κ2) is 6.64. The van der Waals surface area contributed by atoms with Crippen LogP contribution in [0.1, 0.15) is 67.2 Å². The molecule has 1 amide bonds. The van der Waals surface area contributed by atoms with Crippen LogP contribution >= 0.6 is 0 Å². The van der Waals surface area contributed by atoms with Crippen molar-refractivity contribution < 1.29 is 4.79 Å². The number of fused-ring (bicyclic) bond motifs is 3. The minimum atomic E-state index is -0.579. The van der Waals surface area contributed by atoms with Crippen LogP contribution in [0.25, 0.3) is 11.6 Å². The van der Waals surface area contributed by atoms with Crippen LogP contribution in [0.2, 0.25) is 0 Å². The smallest absolute Gasteiger partial charge is 0.268 e. The lowest BCUT2D eigenvalue weighted by atomic mass is 10.0. The molecule has 2 aliphatic rings. The summed E-state index contributed by atoms with van der Waals surface area (Å²) in [5.41, 5.74) is 6.40. The zero-order valence-electron chi connectivity index (χ0n) is 16.5. The summed E-state index contributed by atoms with van der Waals surface area (Å²) in [6.45, 7) is 4.12. The first-order chi connectivity index (χ1) is 14.1. The minimum absolute atomic E-state index is 0.110. The third kappa shape index (κ3) is 2.70. The molecule has 0 aromatic carbocycles. The lowest BCUT2D eigenvalue weighted by molar-refractivity contribution is 0.0996. The summed E-state index contributed by atoms with van der Waals surface area (Å²) >= 11 is 0. The molecule has 1 aliphatic heterocycles. The van der Waals surface area contributed by atoms with Gasteiger partial charge in [0, 0.05) is 12.2 Å². The number of primary amides is 1. The zero-order chi connectivity index (χ0) is 20.1. The maximum absolute atomic E-state index is 11.4. The number of aryl methyl sites for hydroxylation is 1. The first-order valence-electron chi connectivity index (χ1n) is 10.00. The van der Waals surface area contributed by atoms with Crippen molar-refractivity contribution in [1.29, 1.82) is 0 Å². The van der Waals surface area contributed by atoms with Crippen molar-refractivity contribution in [3.05, 3.63) is 36.1 Å². The van der Waals surface area contributed by atoms with Gasteiger partial charge in [0.25, 0.3) is 5.91 Å². The quantitative estimate of drug-likeness (QED) is 0.718. The predicted octanol–water partition coefficient (Wildman–Crippen LogP) is 1.86. The van der Waals surface area contributed by atoms with Gasteiger partial charge >= 0.3 is 0 Å². The fourth-order valence-corrected chi connectivity index (χ4v) is 4.54. The number of imidazole rings is 1. The molecule has 0 bridgehead atoms. The summed E-state index contributed by atoms with van der Waals surface area (Å²) in [7, 11) is 0. The van der Waals surface area contributed by atoms with E-state index in [1.807, 2.05) is 6.92 Å². The number of nitrogens with two attached hydrogens (primary N) is 1. The van der Waals surface area contributed by atoms with E-state index in [0.717, 1.165) is 42.4 Å². The van der Waals surface area contributed by atoms with Crippen LogP contribution in [0, 0.1) is 6.92 Å². The van der Waals surface area contributed by atoms with Crippen molar-refractivity contribution in [1.82, 2.24) is 34.3 Å². The summed E-state index contributed by atoms with van der Waals surface area (Å²) < 4.78 is 3.68. The van der Waals surface area contributed by atoms with Crippen molar-refractivity contribution in [3.8, 4) is 11.6 Å². The van der Waals surface area contributed by atoms with Gasteiger partial charge in [0.2, 0.25) is 5.95 Å². The van der Waals surface area contributed by atoms with Gasteiger partial charge in [-0.1, -0.05) is 19.8 Å². The second-order valence-corrected chi connectivity index (χ2v) is 7.62. The Kier molecular flexibility index (Phi) is 4.07. The van der Waals surface area contributed by atoms with Crippen LogP contribution in [-0.4, -0.2) is 46.2 Å². The SMILES string of the molecule is CC[C@@H]1c2nnc(C)n2-c2cnc(-n3cnc(C(N)=O)c3)nc2N1C1CCCC1. The first-order valence-corrected chi connectivity index (χ1v) is 10.00. The molecule has 2 N–H and O–H groups in total. The highest BCUT2D eigenvalue weighted by Gasteiger charge is 2.39. The van der Waals surface area contributed by atoms with Gasteiger partial charge in [0.15, 0.2) is 11.6 Å². The number of anilines is 1. The van der Waals surface area contributed by atoms with E-state index < -0.39 is 5.91 Å². The maximum Gasteiger partial charge on any atom is 0.268 e. The number of carbonyl (C=O) groups excluding carboxylic acids is 1. The molecule has 0 spiro atoms. The Morgan fingerprint density at radius 2 is 2.03 bits per heavy atom. The summed E-state index contributed by atoms with van der Waals surface area (Å²) in [4.78, 5) is 27.3. The molecule has 5 rings (SSSR count). The van der Waals surface area contributed by atoms with E-state index in [-0.39, 0.29) is 11.7 Å². The Bertz CT molecular complexity index is 1080. The summed E-state index contributed by atoms with van der Waals surface area (Å²) in [6.07, 6.45) is 10.5. The highest BCUT2D eigenvalue weighted by Crippen LogP contribution is 2.43. The van der Waals surface area contributed by atoms with E-state index in [9.17, 15) is 4.79 Å². The highest BCUT2D eigenvalue weighted by molar-refractivity contribution is 5.90. The molecule has 0 radical (unpaired) electrons. The number of amides is 1. The molecule has 1 saturated carbocycles. The predicted molar refractivity (Wildman–Crippen MR) is 105 cm³/mol. The number of hydrogen-bond acceptors (Lipinski definition) is 7. The third-order valence-electron chi connectivity index (χ3n) is 5.88. The zero-order valence-corrected chi connectivity index (χ0v) is 16.5. The van der Waals surface area contributed by atoms with Gasteiger partial charge in [-0.05, 0) is 26.2 Å². The molecule has 0 saturated heterocycles. The number of hydrogen-bond donors (Lipinski definition) is 1. The summed E-state index contributed by atoms with van der Waals surface area (Å²) in [6, 6.07) is 0.523. The van der Waals surface area contributed by atoms with Crippen molar-refractivity contribution >= 4 is 11.7 Å². The van der Waals surface area contributed by atoms with Crippen LogP contribution in [-0.2, 0) is 0 Å². The standard InChI is InChI=1S/C19H23N9O/c1-3-14-18-25-24-11(2)27(18)15-8-21-19(26-9-13(16(20)29)22-10-26)23-17(15)28(14)12-6-4-5-7-12/h8-10,12,14H,3-7H2,1-2H3,(H2,20,29)/t14-/m1/s1. The maximum atomic E-state index is 11.4. The van der Waals surface area contributed by atoms with Crippen molar-refractivity contribution in [2.24, 2.45) is 5.73 Å². The van der Waals surface area contributed by atoms with Gasteiger partial charge in [0.1, 0.15) is 23.5 Å². The number of carbonyl (C=O) groups is 1. The molecule has 0 unspecified atom stereocenters. The Morgan fingerprint density at radius 1 is 1.24 bits per heavy atom. The Labute approximate surface area is 167 Å². The van der Waals surface area contributed by atoms with E-state index in [1.165, 1.54) is 19.2 Å². The number of rotatable bonds is 4. The van der Waals surface area contributed by atoms with Gasteiger partial charge < -0.3 is 10.6 Å². The number of nitrogens with zero attached hydrogens (tertiary/aromatic N) is 8. The fourth-order valence-electron chi connectivity index (χ4n) is 4.54. The van der Waals surface area contributed by atoms with Gasteiger partial charge in [-0.25, -0.2) is 9.97 Å². The summed E-state index contributed by atoms with van der Waals surface area (Å²) in [5, 5.41) is 8.81. The highest BCUT2D eigenvalue weighted by atomic mass is 16.1. The molecule has 1 fully saturated rings. The number of aromatic nitrogens is 7. The van der Waals surface area contributed by atoms with Crippen LogP contribution in [0.3, 0.4) is 0 Å². The monoisotopic (exact) mass is 393 g/mol. The molecule has 3 aromatic rings. The average Bonchev–Trinajstić information content (AvgIpc) is 3.47. The van der Waals surface area contributed by atoms with Gasteiger partial charge in [-0.15, -0.1) is 10.2 Å². The van der Waals surface area contributed by atoms with Gasteiger partial charge in [-0.2, -0.15) is 4.98 Å². The second-order valence-electron chi connectivity index (χ2n) is 7.62. The van der Waals surface area contributed by atoms with Crippen molar-refractivity contribution in [2.45, 2.75) is 58.0 Å². The normalized spacial score (nSPS) is 18.7. The van der Waals surface area contributed by atoms with Crippen LogP contribution < -0.4 is 10.6 Å². The molecular weight excluding hydrogens is 370 g/mol. The molecule has 150 valence electrons. The minimum Gasteiger partial charge on any atom is -0.364 e. The first kappa shape index (κ1) is 17.8. The van der Waals surface area contributed by atoms with E-state index in [0.29, 0.717) is 12.0 Å². The van der Waals surface area contributed by atoms with Gasteiger partial charge in [0.05, 0.1) is 12.2 Å². The molecule has 29 heavy (non-hydrogen) atoms. The molecule has 10 nitrogen and oxygen atoms in total. The molecule has 10 heteroatoms. The third-order valence-corrected chi connectivity index (χ3v) is 5.88. The topological polar surface area (TPSA) is 121 Å². The van der Waals surface area contributed by atoms with E-state index in [2.05, 4.69) is 36.6 Å². The van der Waals surface area contributed by atoms with Crippen molar-refractivity contribution in [2.75, 3.05) is 4.90 Å². The molecule has 3 aromatic heterocycles. The fraction of sp³-hybridized carbons (Fsp3) is 0.474. The Hall–Kier alpha value is -3.30.